The van der Waals surface area contributed by atoms with Crippen LogP contribution in [0.2, 0.25) is 5.02 Å². The van der Waals surface area contributed by atoms with Crippen molar-refractivity contribution in [3.63, 3.8) is 0 Å². The summed E-state index contributed by atoms with van der Waals surface area (Å²) in [6.07, 6.45) is 0.966. The Hall–Kier alpha value is -0.440. The molecule has 0 radical (unpaired) electrons. The zero-order valence-corrected chi connectivity index (χ0v) is 12.6. The van der Waals surface area contributed by atoms with Gasteiger partial charge in [-0.3, -0.25) is 0 Å². The second-order valence-corrected chi connectivity index (χ2v) is 6.13. The van der Waals surface area contributed by atoms with E-state index in [-0.39, 0.29) is 0 Å². The fraction of sp³-hybridized carbons (Fsp3) is 0.143. The summed E-state index contributed by atoms with van der Waals surface area (Å²) in [6, 6.07) is 14.5. The summed E-state index contributed by atoms with van der Waals surface area (Å²) in [5, 5.41) is 0.854. The summed E-state index contributed by atoms with van der Waals surface area (Å²) in [6.45, 7) is 2.12. The van der Waals surface area contributed by atoms with Crippen molar-refractivity contribution in [3.05, 3.63) is 57.5 Å². The van der Waals surface area contributed by atoms with Gasteiger partial charge in [-0.15, -0.1) is 0 Å². The molecule has 3 heteroatoms. The molecule has 2 rings (SSSR count). The summed E-state index contributed by atoms with van der Waals surface area (Å²) in [4.78, 5) is 2.46. The third kappa shape index (κ3) is 3.51. The number of aryl methyl sites for hydroxylation is 1. The normalized spacial score (nSPS) is 10.5. The third-order valence-electron chi connectivity index (χ3n) is 2.45. The van der Waals surface area contributed by atoms with Crippen LogP contribution in [0.1, 0.15) is 12.5 Å². The second-order valence-electron chi connectivity index (χ2n) is 3.66. The van der Waals surface area contributed by atoms with Crippen molar-refractivity contribution in [1.29, 1.82) is 0 Å². The summed E-state index contributed by atoms with van der Waals surface area (Å²) in [5.74, 6) is 0. The van der Waals surface area contributed by atoms with Crippen molar-refractivity contribution in [1.82, 2.24) is 0 Å². The molecule has 2 aromatic rings. The SMILES string of the molecule is CCc1cc(Sc2ccc(Br)cc2)ccc1Cl. The standard InChI is InChI=1S/C14H12BrClS/c1-2-10-9-13(7-8-14(10)16)17-12-5-3-11(15)4-6-12/h3-9H,2H2,1H3. The van der Waals surface area contributed by atoms with Crippen LogP contribution in [0.15, 0.2) is 56.7 Å². The number of hydrogen-bond acceptors (Lipinski definition) is 1. The van der Waals surface area contributed by atoms with Crippen LogP contribution in [0.25, 0.3) is 0 Å². The Morgan fingerprint density at radius 2 is 1.71 bits per heavy atom. The molecule has 0 bridgehead atoms. The van der Waals surface area contributed by atoms with Gasteiger partial charge in [0.25, 0.3) is 0 Å². The lowest BCUT2D eigenvalue weighted by molar-refractivity contribution is 1.12. The molecule has 0 fully saturated rings. The molecule has 2 aromatic carbocycles. The lowest BCUT2D eigenvalue weighted by Crippen LogP contribution is -1.83. The van der Waals surface area contributed by atoms with Crippen LogP contribution in [0, 0.1) is 0 Å². The van der Waals surface area contributed by atoms with E-state index in [9.17, 15) is 0 Å². The quantitative estimate of drug-likeness (QED) is 0.685. The van der Waals surface area contributed by atoms with Gasteiger partial charge in [-0.05, 0) is 54.4 Å². The molecule has 0 saturated carbocycles. The molecule has 0 unspecified atom stereocenters. The van der Waals surface area contributed by atoms with Gasteiger partial charge in [-0.2, -0.15) is 0 Å². The van der Waals surface area contributed by atoms with Gasteiger partial charge in [0, 0.05) is 19.3 Å². The zero-order valence-electron chi connectivity index (χ0n) is 9.41. The molecule has 0 heterocycles. The summed E-state index contributed by atoms with van der Waals surface area (Å²) < 4.78 is 1.10. The van der Waals surface area contributed by atoms with E-state index in [2.05, 4.69) is 59.3 Å². The van der Waals surface area contributed by atoms with Crippen LogP contribution < -0.4 is 0 Å². The van der Waals surface area contributed by atoms with Crippen molar-refractivity contribution in [2.75, 3.05) is 0 Å². The van der Waals surface area contributed by atoms with Gasteiger partial charge in [0.2, 0.25) is 0 Å². The van der Waals surface area contributed by atoms with Gasteiger partial charge in [-0.1, -0.05) is 46.2 Å². The average Bonchev–Trinajstić information content (AvgIpc) is 2.34. The van der Waals surface area contributed by atoms with E-state index in [0.29, 0.717) is 0 Å². The molecule has 88 valence electrons. The molecule has 0 atom stereocenters. The van der Waals surface area contributed by atoms with Crippen LogP contribution in [0.5, 0.6) is 0 Å². The number of benzene rings is 2. The molecule has 0 N–H and O–H groups in total. The highest BCUT2D eigenvalue weighted by atomic mass is 79.9. The Morgan fingerprint density at radius 1 is 1.06 bits per heavy atom. The fourth-order valence-corrected chi connectivity index (χ4v) is 2.92. The van der Waals surface area contributed by atoms with Crippen LogP contribution in [0.3, 0.4) is 0 Å². The van der Waals surface area contributed by atoms with Crippen LogP contribution in [-0.4, -0.2) is 0 Å². The van der Waals surface area contributed by atoms with Crippen LogP contribution in [0.4, 0.5) is 0 Å². The first-order valence-electron chi connectivity index (χ1n) is 5.41. The summed E-state index contributed by atoms with van der Waals surface area (Å²) in [7, 11) is 0. The van der Waals surface area contributed by atoms with Crippen molar-refractivity contribution >= 4 is 39.3 Å². The molecule has 0 aliphatic carbocycles. The number of halogens is 2. The monoisotopic (exact) mass is 326 g/mol. The zero-order chi connectivity index (χ0) is 12.3. The highest BCUT2D eigenvalue weighted by Gasteiger charge is 2.02. The highest BCUT2D eigenvalue weighted by Crippen LogP contribution is 2.31. The van der Waals surface area contributed by atoms with E-state index in [4.69, 9.17) is 11.6 Å². The minimum Gasteiger partial charge on any atom is -0.0901 e. The molecule has 0 saturated heterocycles. The van der Waals surface area contributed by atoms with Gasteiger partial charge in [0.05, 0.1) is 0 Å². The van der Waals surface area contributed by atoms with Gasteiger partial charge < -0.3 is 0 Å². The van der Waals surface area contributed by atoms with Crippen molar-refractivity contribution in [2.45, 2.75) is 23.1 Å². The molecule has 0 amide bonds. The van der Waals surface area contributed by atoms with E-state index in [1.54, 1.807) is 11.8 Å². The molecule has 17 heavy (non-hydrogen) atoms. The average molecular weight is 328 g/mol. The Labute approximate surface area is 120 Å². The summed E-state index contributed by atoms with van der Waals surface area (Å²) in [5.41, 5.74) is 1.20. The van der Waals surface area contributed by atoms with Crippen molar-refractivity contribution in [2.24, 2.45) is 0 Å². The highest BCUT2D eigenvalue weighted by molar-refractivity contribution is 9.10. The van der Waals surface area contributed by atoms with E-state index in [0.717, 1.165) is 15.9 Å². The predicted molar refractivity (Wildman–Crippen MR) is 79.1 cm³/mol. The van der Waals surface area contributed by atoms with Gasteiger partial charge in [0.1, 0.15) is 0 Å². The topological polar surface area (TPSA) is 0 Å². The van der Waals surface area contributed by atoms with Gasteiger partial charge in [0.15, 0.2) is 0 Å². The van der Waals surface area contributed by atoms with E-state index in [1.807, 2.05) is 6.07 Å². The molecular weight excluding hydrogens is 316 g/mol. The van der Waals surface area contributed by atoms with E-state index in [1.165, 1.54) is 15.4 Å². The molecule has 0 nitrogen and oxygen atoms in total. The first-order valence-corrected chi connectivity index (χ1v) is 7.39. The minimum atomic E-state index is 0.854. The first-order chi connectivity index (χ1) is 8.19. The molecule has 0 aromatic heterocycles. The van der Waals surface area contributed by atoms with Crippen molar-refractivity contribution < 1.29 is 0 Å². The minimum absolute atomic E-state index is 0.854. The fourth-order valence-electron chi connectivity index (χ4n) is 1.52. The smallest absolute Gasteiger partial charge is 0.0438 e. The maximum absolute atomic E-state index is 6.10. The van der Waals surface area contributed by atoms with Crippen molar-refractivity contribution in [3.8, 4) is 0 Å². The van der Waals surface area contributed by atoms with Crippen LogP contribution >= 0.6 is 39.3 Å². The maximum Gasteiger partial charge on any atom is 0.0438 e. The van der Waals surface area contributed by atoms with Gasteiger partial charge in [-0.25, -0.2) is 0 Å². The van der Waals surface area contributed by atoms with E-state index < -0.39 is 0 Å². The van der Waals surface area contributed by atoms with Gasteiger partial charge >= 0.3 is 0 Å². The Bertz CT molecular complexity index is 508. The number of hydrogen-bond donors (Lipinski definition) is 0. The molecule has 0 aliphatic heterocycles. The first kappa shape index (κ1) is 13.0. The Kier molecular flexibility index (Phi) is 4.55. The molecular formula is C14H12BrClS. The molecule has 0 spiro atoms. The van der Waals surface area contributed by atoms with E-state index >= 15 is 0 Å². The summed E-state index contributed by atoms with van der Waals surface area (Å²) >= 11 is 11.3. The Balaban J connectivity index is 2.21. The number of rotatable bonds is 3. The second kappa shape index (κ2) is 5.94. The molecule has 0 aliphatic rings. The predicted octanol–water partition coefficient (Wildman–Crippen LogP) is 5.82. The van der Waals surface area contributed by atoms with Crippen LogP contribution in [-0.2, 0) is 6.42 Å². The lowest BCUT2D eigenvalue weighted by atomic mass is 10.2. The maximum atomic E-state index is 6.10. The lowest BCUT2D eigenvalue weighted by Gasteiger charge is -2.06. The third-order valence-corrected chi connectivity index (χ3v) is 4.34. The Morgan fingerprint density at radius 3 is 2.35 bits per heavy atom. The largest absolute Gasteiger partial charge is 0.0901 e.